The summed E-state index contributed by atoms with van der Waals surface area (Å²) in [6.45, 7) is 0.769. The number of hydrogen-bond donors (Lipinski definition) is 0. The van der Waals surface area contributed by atoms with Gasteiger partial charge in [0.05, 0.1) is 5.56 Å². The van der Waals surface area contributed by atoms with Crippen LogP contribution >= 0.6 is 11.6 Å². The predicted octanol–water partition coefficient (Wildman–Crippen LogP) is 4.84. The monoisotopic (exact) mass is 351 g/mol. The number of nitrogens with zero attached hydrogens (tertiary/aromatic N) is 1. The number of rotatable bonds is 4. The van der Waals surface area contributed by atoms with E-state index in [1.54, 1.807) is 0 Å². The van der Waals surface area contributed by atoms with Gasteiger partial charge in [0.2, 0.25) is 0 Å². The van der Waals surface area contributed by atoms with Crippen LogP contribution in [0.1, 0.15) is 27.9 Å². The molecule has 3 nitrogen and oxygen atoms in total. The van der Waals surface area contributed by atoms with Gasteiger partial charge in [-0.3, -0.25) is 0 Å². The van der Waals surface area contributed by atoms with Crippen molar-refractivity contribution in [3.8, 4) is 0 Å². The number of carbonyl (C=O) groups is 1. The van der Waals surface area contributed by atoms with Crippen LogP contribution in [0.3, 0.4) is 0 Å². The zero-order valence-electron chi connectivity index (χ0n) is 13.7. The Labute approximate surface area is 151 Å². The molecule has 1 unspecified atom stereocenters. The number of esters is 1. The maximum absolute atomic E-state index is 12.6. The molecule has 2 heterocycles. The summed E-state index contributed by atoms with van der Waals surface area (Å²) < 4.78 is 8.13. The maximum atomic E-state index is 12.6. The van der Waals surface area contributed by atoms with Gasteiger partial charge < -0.3 is 9.30 Å². The summed E-state index contributed by atoms with van der Waals surface area (Å²) in [6, 6.07) is 19.3. The molecule has 3 aromatic rings. The zero-order valence-corrected chi connectivity index (χ0v) is 14.4. The molecule has 0 radical (unpaired) electrons. The third kappa shape index (κ3) is 3.08. The molecule has 1 aromatic heterocycles. The van der Waals surface area contributed by atoms with Gasteiger partial charge in [0.25, 0.3) is 0 Å². The van der Waals surface area contributed by atoms with Crippen LogP contribution in [-0.4, -0.2) is 10.5 Å². The largest absolute Gasteiger partial charge is 0.450 e. The van der Waals surface area contributed by atoms with E-state index in [0.717, 1.165) is 17.7 Å². The first kappa shape index (κ1) is 16.0. The lowest BCUT2D eigenvalue weighted by atomic mass is 9.81. The summed E-state index contributed by atoms with van der Waals surface area (Å²) >= 11 is 6.05. The minimum atomic E-state index is -0.680. The van der Waals surface area contributed by atoms with Crippen LogP contribution in [0, 0.1) is 0 Å². The Balaban J connectivity index is 1.74. The van der Waals surface area contributed by atoms with E-state index in [9.17, 15) is 4.79 Å². The van der Waals surface area contributed by atoms with E-state index in [-0.39, 0.29) is 5.97 Å². The highest BCUT2D eigenvalue weighted by molar-refractivity contribution is 6.30. The summed E-state index contributed by atoms with van der Waals surface area (Å²) in [4.78, 5) is 12.6. The molecule has 0 bridgehead atoms. The molecular weight excluding hydrogens is 334 g/mol. The highest BCUT2D eigenvalue weighted by Crippen LogP contribution is 2.39. The normalized spacial score (nSPS) is 19.3. The summed E-state index contributed by atoms with van der Waals surface area (Å²) in [5.41, 5.74) is 1.99. The molecule has 1 aliphatic heterocycles. The van der Waals surface area contributed by atoms with Crippen LogP contribution in [0.5, 0.6) is 0 Å². The molecule has 1 aliphatic rings. The number of fused-ring (bicyclic) bond motifs is 1. The number of aromatic nitrogens is 1. The SMILES string of the molecule is O=C1OC(CCn2cccc2)(c2ccc(Cl)cc2)Cc2ccccc21. The first-order valence-electron chi connectivity index (χ1n) is 8.34. The molecule has 4 heteroatoms. The first-order chi connectivity index (χ1) is 12.2. The average Bonchev–Trinajstić information content (AvgIpc) is 3.14. The molecule has 0 saturated heterocycles. The number of ether oxygens (including phenoxy) is 1. The number of benzene rings is 2. The van der Waals surface area contributed by atoms with E-state index < -0.39 is 5.60 Å². The second-order valence-corrected chi connectivity index (χ2v) is 6.83. The van der Waals surface area contributed by atoms with Crippen molar-refractivity contribution in [1.82, 2.24) is 4.57 Å². The minimum absolute atomic E-state index is 0.260. The fourth-order valence-corrected chi connectivity index (χ4v) is 3.60. The lowest BCUT2D eigenvalue weighted by Gasteiger charge is -2.38. The van der Waals surface area contributed by atoms with Gasteiger partial charge in [-0.1, -0.05) is 41.9 Å². The van der Waals surface area contributed by atoms with Crippen molar-refractivity contribution in [3.63, 3.8) is 0 Å². The van der Waals surface area contributed by atoms with Crippen molar-refractivity contribution in [2.24, 2.45) is 0 Å². The fraction of sp³-hybridized carbons (Fsp3) is 0.190. The highest BCUT2D eigenvalue weighted by Gasteiger charge is 2.41. The van der Waals surface area contributed by atoms with Gasteiger partial charge in [0, 0.05) is 36.8 Å². The standard InChI is InChI=1S/C21H18ClNO2/c22-18-9-7-17(8-10-18)21(11-14-23-12-3-4-13-23)15-16-5-1-2-6-19(16)20(24)25-21/h1-10,12-13H,11,14-15H2. The Morgan fingerprint density at radius 2 is 1.72 bits per heavy atom. The van der Waals surface area contributed by atoms with Gasteiger partial charge in [-0.15, -0.1) is 0 Å². The van der Waals surface area contributed by atoms with Crippen LogP contribution in [0.25, 0.3) is 0 Å². The van der Waals surface area contributed by atoms with Gasteiger partial charge in [0.1, 0.15) is 5.60 Å². The van der Waals surface area contributed by atoms with Crippen molar-refractivity contribution >= 4 is 17.6 Å². The molecule has 0 fully saturated rings. The third-order valence-electron chi connectivity index (χ3n) is 4.81. The number of hydrogen-bond acceptors (Lipinski definition) is 2. The topological polar surface area (TPSA) is 31.2 Å². The molecule has 126 valence electrons. The van der Waals surface area contributed by atoms with Crippen LogP contribution in [-0.2, 0) is 23.3 Å². The molecule has 4 rings (SSSR count). The summed E-state index contributed by atoms with van der Waals surface area (Å²) in [5.74, 6) is -0.260. The van der Waals surface area contributed by atoms with Crippen molar-refractivity contribution in [1.29, 1.82) is 0 Å². The number of cyclic esters (lactones) is 1. The summed E-state index contributed by atoms with van der Waals surface area (Å²) in [5, 5.41) is 0.673. The number of carbonyl (C=O) groups excluding carboxylic acids is 1. The molecular formula is C21H18ClNO2. The highest BCUT2D eigenvalue weighted by atomic mass is 35.5. The fourth-order valence-electron chi connectivity index (χ4n) is 3.48. The van der Waals surface area contributed by atoms with Crippen LogP contribution < -0.4 is 0 Å². The first-order valence-corrected chi connectivity index (χ1v) is 8.72. The Morgan fingerprint density at radius 3 is 2.48 bits per heavy atom. The van der Waals surface area contributed by atoms with Crippen molar-refractivity contribution in [3.05, 3.63) is 94.8 Å². The van der Waals surface area contributed by atoms with Crippen LogP contribution in [0.4, 0.5) is 0 Å². The molecule has 0 N–H and O–H groups in total. The average molecular weight is 352 g/mol. The van der Waals surface area contributed by atoms with E-state index in [1.165, 1.54) is 0 Å². The predicted molar refractivity (Wildman–Crippen MR) is 97.7 cm³/mol. The molecule has 2 aromatic carbocycles. The number of aryl methyl sites for hydroxylation is 1. The molecule has 0 amide bonds. The van der Waals surface area contributed by atoms with E-state index in [4.69, 9.17) is 16.3 Å². The molecule has 1 atom stereocenters. The lowest BCUT2D eigenvalue weighted by molar-refractivity contribution is -0.0349. The zero-order chi connectivity index (χ0) is 17.3. The van der Waals surface area contributed by atoms with Crippen LogP contribution in [0.15, 0.2) is 73.1 Å². The van der Waals surface area contributed by atoms with E-state index >= 15 is 0 Å². The second-order valence-electron chi connectivity index (χ2n) is 6.40. The second kappa shape index (κ2) is 6.41. The summed E-state index contributed by atoms with van der Waals surface area (Å²) in [6.07, 6.45) is 5.41. The van der Waals surface area contributed by atoms with Gasteiger partial charge in [-0.2, -0.15) is 0 Å². The van der Waals surface area contributed by atoms with Gasteiger partial charge in [0.15, 0.2) is 0 Å². The molecule has 0 spiro atoms. The van der Waals surface area contributed by atoms with Crippen molar-refractivity contribution in [2.75, 3.05) is 0 Å². The Bertz CT molecular complexity index is 887. The van der Waals surface area contributed by atoms with Crippen molar-refractivity contribution < 1.29 is 9.53 Å². The molecule has 25 heavy (non-hydrogen) atoms. The lowest BCUT2D eigenvalue weighted by Crippen LogP contribution is -2.40. The Morgan fingerprint density at radius 1 is 1.00 bits per heavy atom. The van der Waals surface area contributed by atoms with Crippen LogP contribution in [0.2, 0.25) is 5.02 Å². The quantitative estimate of drug-likeness (QED) is 0.630. The number of halogens is 1. The van der Waals surface area contributed by atoms with Crippen molar-refractivity contribution in [2.45, 2.75) is 25.0 Å². The molecule has 0 saturated carbocycles. The van der Waals surface area contributed by atoms with Gasteiger partial charge in [-0.25, -0.2) is 4.79 Å². The van der Waals surface area contributed by atoms with E-state index in [2.05, 4.69) is 4.57 Å². The third-order valence-corrected chi connectivity index (χ3v) is 5.06. The Hall–Kier alpha value is -2.52. The Kier molecular flexibility index (Phi) is 4.10. The van der Waals surface area contributed by atoms with E-state index in [1.807, 2.05) is 73.1 Å². The van der Waals surface area contributed by atoms with Gasteiger partial charge in [-0.05, 0) is 41.5 Å². The smallest absolute Gasteiger partial charge is 0.339 e. The van der Waals surface area contributed by atoms with E-state index in [0.29, 0.717) is 23.4 Å². The van der Waals surface area contributed by atoms with Gasteiger partial charge >= 0.3 is 5.97 Å². The minimum Gasteiger partial charge on any atom is -0.450 e. The summed E-state index contributed by atoms with van der Waals surface area (Å²) in [7, 11) is 0. The molecule has 0 aliphatic carbocycles. The maximum Gasteiger partial charge on any atom is 0.339 e.